The monoisotopic (exact) mass is 290 g/mol. The summed E-state index contributed by atoms with van der Waals surface area (Å²) in [6.45, 7) is 1.90. The minimum atomic E-state index is -3.65. The number of nitrogens with zero attached hydrogens (tertiary/aromatic N) is 1. The van der Waals surface area contributed by atoms with Gasteiger partial charge >= 0.3 is 0 Å². The summed E-state index contributed by atoms with van der Waals surface area (Å²) in [6, 6.07) is 6.81. The van der Waals surface area contributed by atoms with E-state index in [9.17, 15) is 8.42 Å². The van der Waals surface area contributed by atoms with Crippen molar-refractivity contribution in [3.63, 3.8) is 0 Å². The van der Waals surface area contributed by atoms with Crippen LogP contribution in [0.25, 0.3) is 0 Å². The highest BCUT2D eigenvalue weighted by Gasteiger charge is 2.18. The van der Waals surface area contributed by atoms with Crippen LogP contribution in [-0.4, -0.2) is 25.2 Å². The van der Waals surface area contributed by atoms with E-state index in [0.29, 0.717) is 16.9 Å². The van der Waals surface area contributed by atoms with Crippen molar-refractivity contribution < 1.29 is 8.42 Å². The molecule has 0 amide bonds. The normalized spacial score (nSPS) is 10.7. The Hall–Kier alpha value is -2.30. The van der Waals surface area contributed by atoms with Gasteiger partial charge in [0.25, 0.3) is 10.0 Å². The second-order valence-electron chi connectivity index (χ2n) is 4.05. The summed E-state index contributed by atoms with van der Waals surface area (Å²) in [4.78, 5) is 0.121. The minimum Gasteiger partial charge on any atom is -0.320 e. The van der Waals surface area contributed by atoms with Gasteiger partial charge in [-0.05, 0) is 25.1 Å². The molecule has 0 aliphatic heterocycles. The number of sulfonamides is 1. The molecule has 0 spiro atoms. The molecule has 2 aromatic rings. The van der Waals surface area contributed by atoms with Gasteiger partial charge in [-0.3, -0.25) is 9.82 Å². The third-order valence-corrected chi connectivity index (χ3v) is 4.02. The van der Waals surface area contributed by atoms with E-state index in [-0.39, 0.29) is 11.4 Å². The molecular weight excluding hydrogens is 276 g/mol. The van der Waals surface area contributed by atoms with Crippen molar-refractivity contribution in [1.82, 2.24) is 10.2 Å². The Balaban J connectivity index is 2.28. The van der Waals surface area contributed by atoms with E-state index in [1.807, 2.05) is 0 Å². The average molecular weight is 290 g/mol. The summed E-state index contributed by atoms with van der Waals surface area (Å²) < 4.78 is 26.9. The topological polar surface area (TPSA) is 101 Å². The molecule has 20 heavy (non-hydrogen) atoms. The number of H-pyrrole nitrogens is 1. The number of aromatic amines is 1. The first-order valence-corrected chi connectivity index (χ1v) is 7.33. The number of aryl methyl sites for hydroxylation is 1. The molecular formula is C13H14N4O2S. The third-order valence-electron chi connectivity index (χ3n) is 2.52. The van der Waals surface area contributed by atoms with Crippen LogP contribution in [0, 0.1) is 18.8 Å². The van der Waals surface area contributed by atoms with Gasteiger partial charge in [-0.1, -0.05) is 17.9 Å². The zero-order valence-electron chi connectivity index (χ0n) is 10.8. The van der Waals surface area contributed by atoms with Gasteiger partial charge in [0, 0.05) is 5.56 Å². The Morgan fingerprint density at radius 1 is 1.45 bits per heavy atom. The van der Waals surface area contributed by atoms with Gasteiger partial charge in [0.05, 0.1) is 24.1 Å². The lowest BCUT2D eigenvalue weighted by atomic mass is 10.2. The maximum Gasteiger partial charge on any atom is 0.265 e. The smallest absolute Gasteiger partial charge is 0.265 e. The fourth-order valence-electron chi connectivity index (χ4n) is 1.63. The number of benzene rings is 1. The summed E-state index contributed by atoms with van der Waals surface area (Å²) in [7, 11) is -3.65. The summed E-state index contributed by atoms with van der Waals surface area (Å²) in [5, 5.41) is 6.30. The summed E-state index contributed by atoms with van der Waals surface area (Å²) >= 11 is 0. The fourth-order valence-corrected chi connectivity index (χ4v) is 2.82. The van der Waals surface area contributed by atoms with Crippen LogP contribution in [0.1, 0.15) is 11.3 Å². The standard InChI is InChI=1S/C13H14N4O2S/c1-10-13(9-15-16-10)20(18,19)17-12-6-2-4-11(8-12)5-3-7-14/h2,4,6,8-9,17H,7,14H2,1H3,(H,15,16). The maximum absolute atomic E-state index is 12.2. The van der Waals surface area contributed by atoms with Gasteiger partial charge in [-0.2, -0.15) is 5.10 Å². The van der Waals surface area contributed by atoms with Crippen molar-refractivity contribution in [2.24, 2.45) is 5.73 Å². The lowest BCUT2D eigenvalue weighted by molar-refractivity contribution is 0.600. The molecule has 1 aromatic carbocycles. The highest BCUT2D eigenvalue weighted by Crippen LogP contribution is 2.18. The zero-order chi connectivity index (χ0) is 14.6. The van der Waals surface area contributed by atoms with Gasteiger partial charge < -0.3 is 5.73 Å². The van der Waals surface area contributed by atoms with Crippen LogP contribution in [0.3, 0.4) is 0 Å². The van der Waals surface area contributed by atoms with Crippen LogP contribution in [0.2, 0.25) is 0 Å². The first-order valence-electron chi connectivity index (χ1n) is 5.85. The quantitative estimate of drug-likeness (QED) is 0.729. The first-order chi connectivity index (χ1) is 9.53. The maximum atomic E-state index is 12.2. The number of nitrogens with one attached hydrogen (secondary N) is 2. The number of hydrogen-bond acceptors (Lipinski definition) is 4. The number of hydrogen-bond donors (Lipinski definition) is 3. The molecule has 0 unspecified atom stereocenters. The second-order valence-corrected chi connectivity index (χ2v) is 5.70. The van der Waals surface area contributed by atoms with E-state index in [0.717, 1.165) is 0 Å². The molecule has 2 rings (SSSR count). The molecule has 0 saturated carbocycles. The van der Waals surface area contributed by atoms with Crippen molar-refractivity contribution in [1.29, 1.82) is 0 Å². The largest absolute Gasteiger partial charge is 0.320 e. The Kier molecular flexibility index (Phi) is 4.08. The lowest BCUT2D eigenvalue weighted by Crippen LogP contribution is -2.13. The molecule has 0 aliphatic rings. The predicted octanol–water partition coefficient (Wildman–Crippen LogP) is 0.829. The van der Waals surface area contributed by atoms with Gasteiger partial charge in [0.1, 0.15) is 4.90 Å². The van der Waals surface area contributed by atoms with Gasteiger partial charge in [0.2, 0.25) is 0 Å². The van der Waals surface area contributed by atoms with E-state index in [2.05, 4.69) is 26.8 Å². The molecule has 0 saturated heterocycles. The minimum absolute atomic E-state index is 0.121. The molecule has 0 aliphatic carbocycles. The highest BCUT2D eigenvalue weighted by molar-refractivity contribution is 7.92. The molecule has 0 radical (unpaired) electrons. The third kappa shape index (κ3) is 3.17. The van der Waals surface area contributed by atoms with Crippen LogP contribution in [0.5, 0.6) is 0 Å². The molecule has 1 aromatic heterocycles. The van der Waals surface area contributed by atoms with Gasteiger partial charge in [0.15, 0.2) is 0 Å². The van der Waals surface area contributed by atoms with Crippen LogP contribution >= 0.6 is 0 Å². The molecule has 4 N–H and O–H groups in total. The van der Waals surface area contributed by atoms with Crippen molar-refractivity contribution in [2.45, 2.75) is 11.8 Å². The van der Waals surface area contributed by atoms with Gasteiger partial charge in [-0.25, -0.2) is 8.42 Å². The SMILES string of the molecule is Cc1[nH]ncc1S(=O)(=O)Nc1cccc(C#CCN)c1. The van der Waals surface area contributed by atoms with Crippen LogP contribution in [0.15, 0.2) is 35.4 Å². The number of aromatic nitrogens is 2. The Bertz CT molecular complexity index is 769. The van der Waals surface area contributed by atoms with Crippen molar-refractivity contribution in [3.8, 4) is 11.8 Å². The van der Waals surface area contributed by atoms with Crippen LogP contribution in [0.4, 0.5) is 5.69 Å². The van der Waals surface area contributed by atoms with Crippen LogP contribution in [-0.2, 0) is 10.0 Å². The molecule has 6 nitrogen and oxygen atoms in total. The molecule has 7 heteroatoms. The Morgan fingerprint density at radius 2 is 2.25 bits per heavy atom. The fraction of sp³-hybridized carbons (Fsp3) is 0.154. The molecule has 104 valence electrons. The average Bonchev–Trinajstić information content (AvgIpc) is 2.83. The number of rotatable bonds is 3. The van der Waals surface area contributed by atoms with E-state index in [1.54, 1.807) is 31.2 Å². The Labute approximate surface area is 117 Å². The van der Waals surface area contributed by atoms with Crippen molar-refractivity contribution >= 4 is 15.7 Å². The Morgan fingerprint density at radius 3 is 2.90 bits per heavy atom. The molecule has 0 atom stereocenters. The summed E-state index contributed by atoms with van der Waals surface area (Å²) in [5.74, 6) is 5.57. The lowest BCUT2D eigenvalue weighted by Gasteiger charge is -2.07. The van der Waals surface area contributed by atoms with E-state index in [4.69, 9.17) is 5.73 Å². The zero-order valence-corrected chi connectivity index (χ0v) is 11.7. The summed E-state index contributed by atoms with van der Waals surface area (Å²) in [6.07, 6.45) is 1.27. The van der Waals surface area contributed by atoms with E-state index in [1.165, 1.54) is 6.20 Å². The summed E-state index contributed by atoms with van der Waals surface area (Å²) in [5.41, 5.74) is 6.92. The molecule has 0 bridgehead atoms. The van der Waals surface area contributed by atoms with E-state index >= 15 is 0 Å². The predicted molar refractivity (Wildman–Crippen MR) is 76.5 cm³/mol. The second kappa shape index (κ2) is 5.77. The molecule has 1 heterocycles. The van der Waals surface area contributed by atoms with Crippen molar-refractivity contribution in [3.05, 3.63) is 41.7 Å². The van der Waals surface area contributed by atoms with Gasteiger partial charge in [-0.15, -0.1) is 0 Å². The first kappa shape index (κ1) is 14.1. The van der Waals surface area contributed by atoms with Crippen molar-refractivity contribution in [2.75, 3.05) is 11.3 Å². The number of nitrogens with two attached hydrogens (primary N) is 1. The highest BCUT2D eigenvalue weighted by atomic mass is 32.2. The van der Waals surface area contributed by atoms with Crippen LogP contribution < -0.4 is 10.5 Å². The number of anilines is 1. The van der Waals surface area contributed by atoms with E-state index < -0.39 is 10.0 Å². The molecule has 0 fully saturated rings.